The van der Waals surface area contributed by atoms with Crippen molar-refractivity contribution in [3.63, 3.8) is 0 Å². The molecule has 1 aromatic carbocycles. The van der Waals surface area contributed by atoms with Gasteiger partial charge in [-0.1, -0.05) is 62.1 Å². The first-order valence-corrected chi connectivity index (χ1v) is 7.91. The van der Waals surface area contributed by atoms with Crippen LogP contribution in [0.15, 0.2) is 78.0 Å². The standard InChI is InChI=1S/C22H27F/c1-8-10-20(18(6)17(5)13-15(3)9-2)19(7)21-12-11-16(4)14-22(21)23/h8-14,19H,1,6H2,2-5,7H3/b15-9-,17-13-,20-10+. The van der Waals surface area contributed by atoms with Gasteiger partial charge in [0.05, 0.1) is 0 Å². The predicted molar refractivity (Wildman–Crippen MR) is 100 cm³/mol. The predicted octanol–water partition coefficient (Wildman–Crippen LogP) is 6.82. The van der Waals surface area contributed by atoms with Gasteiger partial charge in [-0.3, -0.25) is 0 Å². The molecule has 0 amide bonds. The van der Waals surface area contributed by atoms with E-state index in [0.29, 0.717) is 5.56 Å². The first kappa shape index (κ1) is 18.9. The van der Waals surface area contributed by atoms with Gasteiger partial charge in [0.1, 0.15) is 5.82 Å². The monoisotopic (exact) mass is 310 g/mol. The van der Waals surface area contributed by atoms with Crippen molar-refractivity contribution in [2.24, 2.45) is 0 Å². The Bertz CT molecular complexity index is 684. The number of hydrogen-bond donors (Lipinski definition) is 0. The highest BCUT2D eigenvalue weighted by Gasteiger charge is 2.18. The third-order valence-corrected chi connectivity index (χ3v) is 4.11. The van der Waals surface area contributed by atoms with Crippen molar-refractivity contribution in [2.75, 3.05) is 0 Å². The van der Waals surface area contributed by atoms with Gasteiger partial charge < -0.3 is 0 Å². The van der Waals surface area contributed by atoms with Crippen LogP contribution in [0.3, 0.4) is 0 Å². The maximum absolute atomic E-state index is 14.3. The lowest BCUT2D eigenvalue weighted by atomic mass is 9.84. The second kappa shape index (κ2) is 8.47. The van der Waals surface area contributed by atoms with Crippen LogP contribution < -0.4 is 0 Å². The number of rotatable bonds is 6. The van der Waals surface area contributed by atoms with Gasteiger partial charge in [0.2, 0.25) is 0 Å². The Morgan fingerprint density at radius 1 is 1.26 bits per heavy atom. The third kappa shape index (κ3) is 4.92. The molecular formula is C22H27F. The first-order chi connectivity index (χ1) is 10.8. The molecule has 1 unspecified atom stereocenters. The van der Waals surface area contributed by atoms with Crippen molar-refractivity contribution in [2.45, 2.75) is 40.5 Å². The largest absolute Gasteiger partial charge is 0.207 e. The van der Waals surface area contributed by atoms with Gasteiger partial charge >= 0.3 is 0 Å². The van der Waals surface area contributed by atoms with E-state index >= 15 is 0 Å². The molecule has 1 aromatic rings. The van der Waals surface area contributed by atoms with Crippen molar-refractivity contribution in [3.05, 3.63) is 94.9 Å². The first-order valence-electron chi connectivity index (χ1n) is 7.91. The van der Waals surface area contributed by atoms with Crippen LogP contribution in [0.1, 0.15) is 44.7 Å². The minimum atomic E-state index is -0.175. The fourth-order valence-electron chi connectivity index (χ4n) is 2.52. The summed E-state index contributed by atoms with van der Waals surface area (Å²) in [5.41, 5.74) is 5.76. The normalized spacial score (nSPS) is 14.6. The van der Waals surface area contributed by atoms with E-state index in [9.17, 15) is 4.39 Å². The number of hydrogen-bond acceptors (Lipinski definition) is 0. The molecule has 0 nitrogen and oxygen atoms in total. The van der Waals surface area contributed by atoms with Gasteiger partial charge in [-0.05, 0) is 61.6 Å². The lowest BCUT2D eigenvalue weighted by molar-refractivity contribution is 0.601. The molecule has 1 atom stereocenters. The molecule has 122 valence electrons. The van der Waals surface area contributed by atoms with E-state index in [-0.39, 0.29) is 11.7 Å². The SMILES string of the molecule is C=C/C=C(\C(=C)/C(C)=C\C(C)=C/C)C(C)c1ccc(C)cc1F. The van der Waals surface area contributed by atoms with Crippen LogP contribution >= 0.6 is 0 Å². The maximum Gasteiger partial charge on any atom is 0.127 e. The topological polar surface area (TPSA) is 0 Å². The number of aryl methyl sites for hydroxylation is 1. The summed E-state index contributed by atoms with van der Waals surface area (Å²) in [6.07, 6.45) is 7.81. The molecule has 0 saturated carbocycles. The molecule has 0 aliphatic rings. The van der Waals surface area contributed by atoms with E-state index in [1.807, 2.05) is 45.9 Å². The number of halogens is 1. The Morgan fingerprint density at radius 3 is 2.43 bits per heavy atom. The minimum Gasteiger partial charge on any atom is -0.207 e. The molecule has 0 saturated heterocycles. The third-order valence-electron chi connectivity index (χ3n) is 4.11. The zero-order valence-corrected chi connectivity index (χ0v) is 14.9. The van der Waals surface area contributed by atoms with Crippen LogP contribution in [0, 0.1) is 12.7 Å². The molecular weight excluding hydrogens is 283 g/mol. The summed E-state index contributed by atoms with van der Waals surface area (Å²) < 4.78 is 14.3. The van der Waals surface area contributed by atoms with Crippen molar-refractivity contribution < 1.29 is 4.39 Å². The molecule has 0 radical (unpaired) electrons. The van der Waals surface area contributed by atoms with E-state index in [2.05, 4.69) is 32.2 Å². The van der Waals surface area contributed by atoms with Gasteiger partial charge in [0.25, 0.3) is 0 Å². The van der Waals surface area contributed by atoms with E-state index < -0.39 is 0 Å². The summed E-state index contributed by atoms with van der Waals surface area (Å²) in [6, 6.07) is 5.37. The van der Waals surface area contributed by atoms with E-state index in [1.54, 1.807) is 12.1 Å². The Labute approximate surface area is 140 Å². The summed E-state index contributed by atoms with van der Waals surface area (Å²) in [5.74, 6) is -0.262. The fraction of sp³-hybridized carbons (Fsp3) is 0.273. The average molecular weight is 310 g/mol. The number of allylic oxidation sites excluding steroid dienone is 8. The van der Waals surface area contributed by atoms with Crippen LogP contribution in [-0.2, 0) is 0 Å². The molecule has 1 rings (SSSR count). The van der Waals surface area contributed by atoms with E-state index in [4.69, 9.17) is 0 Å². The summed E-state index contributed by atoms with van der Waals surface area (Å²) in [6.45, 7) is 18.0. The van der Waals surface area contributed by atoms with Crippen LogP contribution in [0.4, 0.5) is 4.39 Å². The zero-order valence-electron chi connectivity index (χ0n) is 14.9. The Kier molecular flexibility index (Phi) is 6.96. The van der Waals surface area contributed by atoms with Crippen molar-refractivity contribution >= 4 is 0 Å². The maximum atomic E-state index is 14.3. The van der Waals surface area contributed by atoms with Gasteiger partial charge in [0, 0.05) is 5.92 Å². The zero-order chi connectivity index (χ0) is 17.6. The quantitative estimate of drug-likeness (QED) is 0.506. The van der Waals surface area contributed by atoms with Crippen LogP contribution in [0.2, 0.25) is 0 Å². The summed E-state index contributed by atoms with van der Waals surface area (Å²) in [4.78, 5) is 0. The second-order valence-corrected chi connectivity index (χ2v) is 5.94. The highest BCUT2D eigenvalue weighted by Crippen LogP contribution is 2.33. The summed E-state index contributed by atoms with van der Waals surface area (Å²) >= 11 is 0. The van der Waals surface area contributed by atoms with Crippen LogP contribution in [0.5, 0.6) is 0 Å². The second-order valence-electron chi connectivity index (χ2n) is 5.94. The molecule has 0 bridgehead atoms. The highest BCUT2D eigenvalue weighted by molar-refractivity contribution is 5.51. The Balaban J connectivity index is 3.26. The molecule has 0 aliphatic heterocycles. The lowest BCUT2D eigenvalue weighted by Gasteiger charge is -2.20. The Morgan fingerprint density at radius 2 is 1.91 bits per heavy atom. The lowest BCUT2D eigenvalue weighted by Crippen LogP contribution is -2.04. The molecule has 0 aliphatic carbocycles. The van der Waals surface area contributed by atoms with E-state index in [1.165, 1.54) is 5.57 Å². The molecule has 0 fully saturated rings. The number of benzene rings is 1. The molecule has 0 aromatic heterocycles. The van der Waals surface area contributed by atoms with E-state index in [0.717, 1.165) is 22.3 Å². The smallest absolute Gasteiger partial charge is 0.127 e. The molecule has 23 heavy (non-hydrogen) atoms. The van der Waals surface area contributed by atoms with Gasteiger partial charge in [-0.15, -0.1) is 0 Å². The van der Waals surface area contributed by atoms with Crippen LogP contribution in [0.25, 0.3) is 0 Å². The van der Waals surface area contributed by atoms with Gasteiger partial charge in [-0.25, -0.2) is 4.39 Å². The molecule has 1 heteroatoms. The molecule has 0 spiro atoms. The summed E-state index contributed by atoms with van der Waals surface area (Å²) in [7, 11) is 0. The van der Waals surface area contributed by atoms with Crippen molar-refractivity contribution in [1.82, 2.24) is 0 Å². The van der Waals surface area contributed by atoms with Gasteiger partial charge in [-0.2, -0.15) is 0 Å². The van der Waals surface area contributed by atoms with Crippen molar-refractivity contribution in [3.8, 4) is 0 Å². The molecule has 0 N–H and O–H groups in total. The summed E-state index contributed by atoms with van der Waals surface area (Å²) in [5, 5.41) is 0. The fourth-order valence-corrected chi connectivity index (χ4v) is 2.52. The highest BCUT2D eigenvalue weighted by atomic mass is 19.1. The minimum absolute atomic E-state index is 0.0876. The van der Waals surface area contributed by atoms with Gasteiger partial charge in [0.15, 0.2) is 0 Å². The Hall–Kier alpha value is -2.15. The molecule has 0 heterocycles. The average Bonchev–Trinajstić information content (AvgIpc) is 2.51. The van der Waals surface area contributed by atoms with Crippen LogP contribution in [-0.4, -0.2) is 0 Å². The van der Waals surface area contributed by atoms with Crippen molar-refractivity contribution in [1.29, 1.82) is 0 Å².